The molecule has 0 aliphatic rings. The summed E-state index contributed by atoms with van der Waals surface area (Å²) in [6, 6.07) is 12.2. The molecule has 2 N–H and O–H groups in total. The first-order chi connectivity index (χ1) is 12.0. The maximum Gasteiger partial charge on any atom is 0.240 e. The fourth-order valence-electron chi connectivity index (χ4n) is 2.14. The normalized spacial score (nSPS) is 11.4. The molecule has 0 unspecified atom stereocenters. The second kappa shape index (κ2) is 7.41. The maximum absolute atomic E-state index is 13.1. The van der Waals surface area contributed by atoms with Crippen LogP contribution in [0, 0.1) is 5.82 Å². The van der Waals surface area contributed by atoms with Gasteiger partial charge in [-0.25, -0.2) is 17.5 Å². The Morgan fingerprint density at radius 2 is 1.80 bits per heavy atom. The lowest BCUT2D eigenvalue weighted by Gasteiger charge is -2.08. The maximum atomic E-state index is 13.1. The van der Waals surface area contributed by atoms with E-state index in [-0.39, 0.29) is 11.4 Å². The van der Waals surface area contributed by atoms with Crippen LogP contribution in [0.5, 0.6) is 0 Å². The highest BCUT2D eigenvalue weighted by atomic mass is 32.2. The number of benzene rings is 1. The molecule has 0 spiro atoms. The van der Waals surface area contributed by atoms with Crippen LogP contribution in [0.15, 0.2) is 65.8 Å². The Balaban J connectivity index is 1.51. The number of anilines is 1. The van der Waals surface area contributed by atoms with Crippen LogP contribution in [0.1, 0.15) is 0 Å². The quantitative estimate of drug-likeness (QED) is 0.627. The molecule has 0 fully saturated rings. The summed E-state index contributed by atoms with van der Waals surface area (Å²) in [5.74, 6) is 0.613. The smallest absolute Gasteiger partial charge is 0.240 e. The van der Waals surface area contributed by atoms with Gasteiger partial charge < -0.3 is 9.88 Å². The Morgan fingerprint density at radius 1 is 1.00 bits per heavy atom. The Labute approximate surface area is 144 Å². The minimum Gasteiger partial charge on any atom is -0.367 e. The summed E-state index contributed by atoms with van der Waals surface area (Å²) in [5, 5.41) is 11.1. The van der Waals surface area contributed by atoms with Crippen LogP contribution in [0.2, 0.25) is 0 Å². The van der Waals surface area contributed by atoms with Crippen LogP contribution in [-0.2, 0) is 10.0 Å². The van der Waals surface area contributed by atoms with Gasteiger partial charge in [0.1, 0.15) is 11.6 Å². The molecule has 0 amide bonds. The van der Waals surface area contributed by atoms with Gasteiger partial charge in [-0.15, -0.1) is 10.2 Å². The molecule has 7 nitrogen and oxygen atoms in total. The van der Waals surface area contributed by atoms with Crippen LogP contribution >= 0.6 is 0 Å². The molecule has 0 aliphatic heterocycles. The Hall–Kier alpha value is -2.78. The van der Waals surface area contributed by atoms with E-state index < -0.39 is 15.8 Å². The summed E-state index contributed by atoms with van der Waals surface area (Å²) in [5.41, 5.74) is 0. The van der Waals surface area contributed by atoms with Gasteiger partial charge in [0.15, 0.2) is 5.82 Å². The zero-order chi connectivity index (χ0) is 17.7. The Kier molecular flexibility index (Phi) is 5.05. The van der Waals surface area contributed by atoms with Crippen molar-refractivity contribution in [1.82, 2.24) is 19.5 Å². The second-order valence-corrected chi connectivity index (χ2v) is 6.92. The fourth-order valence-corrected chi connectivity index (χ4v) is 3.20. The van der Waals surface area contributed by atoms with E-state index in [4.69, 9.17) is 0 Å². The zero-order valence-corrected chi connectivity index (χ0v) is 13.9. The summed E-state index contributed by atoms with van der Waals surface area (Å²) in [6.45, 7) is 0.436. The number of hydrogen-bond acceptors (Lipinski definition) is 5. The number of halogens is 1. The minimum atomic E-state index is -3.74. The van der Waals surface area contributed by atoms with Crippen LogP contribution in [0.4, 0.5) is 10.2 Å². The Morgan fingerprint density at radius 3 is 2.48 bits per heavy atom. The molecule has 130 valence electrons. The molecule has 1 aromatic carbocycles. The molecule has 0 atom stereocenters. The average molecular weight is 361 g/mol. The van der Waals surface area contributed by atoms with Crippen molar-refractivity contribution in [2.75, 3.05) is 18.4 Å². The minimum absolute atomic E-state index is 0.108. The van der Waals surface area contributed by atoms with Crippen LogP contribution in [0.3, 0.4) is 0 Å². The van der Waals surface area contributed by atoms with Crippen molar-refractivity contribution in [3.05, 3.63) is 66.7 Å². The van der Waals surface area contributed by atoms with E-state index >= 15 is 0 Å². The molecular formula is C16H16FN5O2S. The topological polar surface area (TPSA) is 88.9 Å². The van der Waals surface area contributed by atoms with Crippen molar-refractivity contribution in [2.24, 2.45) is 0 Å². The van der Waals surface area contributed by atoms with Gasteiger partial charge in [0, 0.05) is 25.5 Å². The van der Waals surface area contributed by atoms with E-state index in [9.17, 15) is 12.8 Å². The van der Waals surface area contributed by atoms with Crippen molar-refractivity contribution >= 4 is 15.8 Å². The predicted octanol–water partition coefficient (Wildman–Crippen LogP) is 1.80. The summed E-state index contributed by atoms with van der Waals surface area (Å²) < 4.78 is 41.4. The predicted molar refractivity (Wildman–Crippen MR) is 91.4 cm³/mol. The van der Waals surface area contributed by atoms with Crippen molar-refractivity contribution < 1.29 is 12.8 Å². The van der Waals surface area contributed by atoms with E-state index in [0.717, 1.165) is 6.07 Å². The lowest BCUT2D eigenvalue weighted by molar-refractivity contribution is 0.579. The second-order valence-electron chi connectivity index (χ2n) is 5.15. The molecule has 9 heteroatoms. The highest BCUT2D eigenvalue weighted by molar-refractivity contribution is 7.89. The summed E-state index contributed by atoms with van der Waals surface area (Å²) in [7, 11) is -3.74. The lowest BCUT2D eigenvalue weighted by atomic mass is 10.4. The summed E-state index contributed by atoms with van der Waals surface area (Å²) in [6.07, 6.45) is 3.72. The van der Waals surface area contributed by atoms with Gasteiger partial charge in [-0.3, -0.25) is 0 Å². The largest absolute Gasteiger partial charge is 0.367 e. The average Bonchev–Trinajstić information content (AvgIpc) is 3.14. The third-order valence-electron chi connectivity index (χ3n) is 3.35. The van der Waals surface area contributed by atoms with E-state index in [0.29, 0.717) is 18.2 Å². The molecule has 25 heavy (non-hydrogen) atoms. The van der Waals surface area contributed by atoms with Crippen molar-refractivity contribution in [3.8, 4) is 5.82 Å². The molecule has 3 aromatic rings. The zero-order valence-electron chi connectivity index (χ0n) is 13.1. The number of nitrogens with zero attached hydrogens (tertiary/aromatic N) is 3. The highest BCUT2D eigenvalue weighted by Crippen LogP contribution is 2.10. The van der Waals surface area contributed by atoms with E-state index in [1.165, 1.54) is 18.2 Å². The molecule has 0 radical (unpaired) electrons. The molecule has 2 aromatic heterocycles. The van der Waals surface area contributed by atoms with Gasteiger partial charge in [0.05, 0.1) is 4.90 Å². The van der Waals surface area contributed by atoms with Crippen molar-refractivity contribution in [1.29, 1.82) is 0 Å². The third kappa shape index (κ3) is 4.40. The lowest BCUT2D eigenvalue weighted by Crippen LogP contribution is -2.29. The van der Waals surface area contributed by atoms with Gasteiger partial charge >= 0.3 is 0 Å². The molecule has 2 heterocycles. The highest BCUT2D eigenvalue weighted by Gasteiger charge is 2.13. The number of hydrogen-bond donors (Lipinski definition) is 2. The molecule has 0 saturated heterocycles. The monoisotopic (exact) mass is 361 g/mol. The molecule has 0 aliphatic carbocycles. The van der Waals surface area contributed by atoms with Crippen molar-refractivity contribution in [3.63, 3.8) is 0 Å². The van der Waals surface area contributed by atoms with Gasteiger partial charge in [0.25, 0.3) is 0 Å². The molecule has 0 saturated carbocycles. The van der Waals surface area contributed by atoms with E-state index in [1.807, 2.05) is 29.1 Å². The summed E-state index contributed by atoms with van der Waals surface area (Å²) >= 11 is 0. The molecular weight excluding hydrogens is 345 g/mol. The number of aromatic nitrogens is 3. The first-order valence-corrected chi connectivity index (χ1v) is 8.99. The van der Waals surface area contributed by atoms with E-state index in [2.05, 4.69) is 20.2 Å². The third-order valence-corrected chi connectivity index (χ3v) is 4.81. The van der Waals surface area contributed by atoms with Crippen LogP contribution in [-0.4, -0.2) is 36.3 Å². The Bertz CT molecular complexity index is 927. The van der Waals surface area contributed by atoms with Crippen LogP contribution in [0.25, 0.3) is 5.82 Å². The first kappa shape index (κ1) is 17.1. The SMILES string of the molecule is O=S(=O)(NCCNc1ccc(-n2cccc2)nn1)c1cccc(F)c1. The number of rotatable bonds is 7. The van der Waals surface area contributed by atoms with E-state index in [1.54, 1.807) is 12.1 Å². The van der Waals surface area contributed by atoms with Gasteiger partial charge in [-0.05, 0) is 42.5 Å². The van der Waals surface area contributed by atoms with Gasteiger partial charge in [0.2, 0.25) is 10.0 Å². The molecule has 0 bridgehead atoms. The standard InChI is InChI=1S/C16H16FN5O2S/c17-13-4-3-5-14(12-13)25(23,24)19-9-8-18-15-6-7-16(21-20-15)22-10-1-2-11-22/h1-7,10-12,19H,8-9H2,(H,18,20). The summed E-state index contributed by atoms with van der Waals surface area (Å²) in [4.78, 5) is -0.108. The van der Waals surface area contributed by atoms with Gasteiger partial charge in [-0.1, -0.05) is 6.07 Å². The van der Waals surface area contributed by atoms with Crippen molar-refractivity contribution in [2.45, 2.75) is 4.90 Å². The number of sulfonamides is 1. The fraction of sp³-hybridized carbons (Fsp3) is 0.125. The number of nitrogens with one attached hydrogen (secondary N) is 2. The van der Waals surface area contributed by atoms with Gasteiger partial charge in [-0.2, -0.15) is 0 Å². The first-order valence-electron chi connectivity index (χ1n) is 7.51. The van der Waals surface area contributed by atoms with Crippen LogP contribution < -0.4 is 10.0 Å². The molecule has 3 rings (SSSR count).